The van der Waals surface area contributed by atoms with Crippen molar-refractivity contribution in [1.82, 2.24) is 34.2 Å². The maximum Gasteiger partial charge on any atom is 0.276 e. The molecule has 7 aliphatic rings. The minimum absolute atomic E-state index is 0.0133. The highest BCUT2D eigenvalue weighted by atomic mass is 16.3. The zero-order valence-electron chi connectivity index (χ0n) is 46.1. The van der Waals surface area contributed by atoms with Crippen molar-refractivity contribution in [2.75, 3.05) is 46.2 Å². The number of aliphatic hydroxyl groups is 1. The number of hydrogen-bond donors (Lipinski definition) is 3. The van der Waals surface area contributed by atoms with Gasteiger partial charge in [0.15, 0.2) is 0 Å². The molecule has 408 valence electrons. The molecule has 4 aromatic heterocycles. The van der Waals surface area contributed by atoms with Gasteiger partial charge in [-0.2, -0.15) is 0 Å². The smallest absolute Gasteiger partial charge is 0.276 e. The monoisotopic (exact) mass is 1060 g/mol. The summed E-state index contributed by atoms with van der Waals surface area (Å²) < 4.78 is 3.69. The number of hydrogen-bond acceptors (Lipinski definition) is 13. The Labute approximate surface area is 454 Å². The van der Waals surface area contributed by atoms with Gasteiger partial charge in [-0.3, -0.25) is 48.8 Å². The zero-order chi connectivity index (χ0) is 54.9. The van der Waals surface area contributed by atoms with Crippen molar-refractivity contribution < 1.29 is 29.1 Å². The first kappa shape index (κ1) is 51.6. The van der Waals surface area contributed by atoms with Gasteiger partial charge in [-0.25, -0.2) is 9.97 Å². The molecule has 5 aromatic rings. The van der Waals surface area contributed by atoms with Crippen molar-refractivity contribution in [3.63, 3.8) is 0 Å². The van der Waals surface area contributed by atoms with Crippen LogP contribution in [0.3, 0.4) is 0 Å². The molecule has 9 heterocycles. The van der Waals surface area contributed by atoms with Crippen LogP contribution in [0.2, 0.25) is 0 Å². The lowest BCUT2D eigenvalue weighted by atomic mass is 9.56. The predicted octanol–water partition coefficient (Wildman–Crippen LogP) is 6.83. The van der Waals surface area contributed by atoms with Crippen LogP contribution in [0, 0.1) is 16.2 Å². The van der Waals surface area contributed by atoms with E-state index in [2.05, 4.69) is 89.4 Å². The summed E-state index contributed by atoms with van der Waals surface area (Å²) in [5, 5.41) is 16.5. The first-order valence-electron chi connectivity index (χ1n) is 27.8. The number of aliphatic hydroxyl groups excluding tert-OH is 1. The summed E-state index contributed by atoms with van der Waals surface area (Å²) in [4.78, 5) is 99.1. The average molecular weight is 1060 g/mol. The molecule has 3 N–H and O–H groups in total. The van der Waals surface area contributed by atoms with E-state index in [0.29, 0.717) is 64.4 Å². The molecule has 4 fully saturated rings. The average Bonchev–Trinajstić information content (AvgIpc) is 4.10. The molecule has 1 saturated carbocycles. The third-order valence-corrected chi connectivity index (χ3v) is 18.7. The Morgan fingerprint density at radius 2 is 1.56 bits per heavy atom. The van der Waals surface area contributed by atoms with Crippen LogP contribution in [-0.2, 0) is 42.6 Å². The molecule has 18 nitrogen and oxygen atoms in total. The quantitative estimate of drug-likeness (QED) is 0.130. The van der Waals surface area contributed by atoms with Gasteiger partial charge in [0, 0.05) is 105 Å². The molecule has 12 rings (SSSR count). The van der Waals surface area contributed by atoms with Crippen LogP contribution in [0.15, 0.2) is 71.9 Å². The Morgan fingerprint density at radius 1 is 0.795 bits per heavy atom. The van der Waals surface area contributed by atoms with E-state index in [1.165, 1.54) is 15.8 Å². The third-order valence-electron chi connectivity index (χ3n) is 18.7. The van der Waals surface area contributed by atoms with Crippen LogP contribution < -0.4 is 30.9 Å². The zero-order valence-corrected chi connectivity index (χ0v) is 46.1. The van der Waals surface area contributed by atoms with Gasteiger partial charge in [-0.15, -0.1) is 0 Å². The summed E-state index contributed by atoms with van der Waals surface area (Å²) in [5.74, 6) is -1.18. The van der Waals surface area contributed by atoms with Gasteiger partial charge in [0.25, 0.3) is 23.3 Å². The van der Waals surface area contributed by atoms with Crippen molar-refractivity contribution in [3.8, 4) is 11.1 Å². The van der Waals surface area contributed by atoms with Crippen molar-refractivity contribution in [2.45, 2.75) is 143 Å². The fourth-order valence-electron chi connectivity index (χ4n) is 14.4. The normalized spacial score (nSPS) is 26.1. The fourth-order valence-corrected chi connectivity index (χ4v) is 14.4. The Morgan fingerprint density at radius 3 is 2.29 bits per heavy atom. The first-order valence-corrected chi connectivity index (χ1v) is 27.8. The molecule has 18 heteroatoms. The maximum absolute atomic E-state index is 14.1. The predicted molar refractivity (Wildman–Crippen MR) is 297 cm³/mol. The number of carbonyl (C=O) groups is 5. The lowest BCUT2D eigenvalue weighted by molar-refractivity contribution is -0.136. The summed E-state index contributed by atoms with van der Waals surface area (Å²) in [5.41, 5.74) is 8.02. The number of nitrogens with one attached hydrogen (secondary N) is 2. The Balaban J connectivity index is 0.697. The lowest BCUT2D eigenvalue weighted by Crippen LogP contribution is -2.66. The number of carbonyl (C=O) groups excluding carboxylic acids is 5. The number of imide groups is 2. The van der Waals surface area contributed by atoms with Crippen molar-refractivity contribution >= 4 is 58.2 Å². The minimum atomic E-state index is -0.997. The van der Waals surface area contributed by atoms with E-state index in [1.54, 1.807) is 42.5 Å². The molecule has 0 radical (unpaired) electrons. The number of benzene rings is 1. The fraction of sp³-hybridized carbons (Fsp3) is 0.500. The highest BCUT2D eigenvalue weighted by Crippen LogP contribution is 2.56. The molecule has 2 aliphatic carbocycles. The molecule has 3 saturated heterocycles. The van der Waals surface area contributed by atoms with Gasteiger partial charge >= 0.3 is 0 Å². The van der Waals surface area contributed by atoms with E-state index in [-0.39, 0.29) is 70.8 Å². The van der Waals surface area contributed by atoms with Crippen LogP contribution in [0.4, 0.5) is 28.7 Å². The van der Waals surface area contributed by atoms with Crippen LogP contribution >= 0.6 is 0 Å². The van der Waals surface area contributed by atoms with Gasteiger partial charge in [0.2, 0.25) is 11.8 Å². The number of pyridine rings is 3. The Kier molecular flexibility index (Phi) is 12.4. The van der Waals surface area contributed by atoms with Crippen molar-refractivity contribution in [3.05, 3.63) is 111 Å². The number of aromatic nitrogens is 4. The summed E-state index contributed by atoms with van der Waals surface area (Å²) >= 11 is 0. The van der Waals surface area contributed by atoms with E-state index < -0.39 is 29.7 Å². The van der Waals surface area contributed by atoms with Gasteiger partial charge in [0.1, 0.15) is 29.1 Å². The number of piperidine rings is 2. The lowest BCUT2D eigenvalue weighted by Gasteiger charge is -2.61. The van der Waals surface area contributed by atoms with Gasteiger partial charge in [0.05, 0.1) is 29.6 Å². The molecular weight excluding hydrogens is 987 g/mol. The van der Waals surface area contributed by atoms with Crippen LogP contribution in [0.25, 0.3) is 11.1 Å². The van der Waals surface area contributed by atoms with Crippen LogP contribution in [-0.4, -0.2) is 120 Å². The second kappa shape index (κ2) is 18.7. The van der Waals surface area contributed by atoms with Crippen LogP contribution in [0.5, 0.6) is 0 Å². The van der Waals surface area contributed by atoms with E-state index >= 15 is 0 Å². The molecule has 1 unspecified atom stereocenters. The van der Waals surface area contributed by atoms with E-state index in [4.69, 9.17) is 4.98 Å². The minimum Gasteiger partial charge on any atom is -0.392 e. The highest BCUT2D eigenvalue weighted by molar-refractivity contribution is 6.23. The number of aryl methyl sites for hydroxylation is 1. The van der Waals surface area contributed by atoms with Gasteiger partial charge in [-0.05, 0) is 135 Å². The van der Waals surface area contributed by atoms with Gasteiger partial charge < -0.3 is 29.4 Å². The first-order chi connectivity index (χ1) is 37.1. The van der Waals surface area contributed by atoms with Gasteiger partial charge in [-0.1, -0.05) is 34.6 Å². The summed E-state index contributed by atoms with van der Waals surface area (Å²) in [6.45, 7) is 19.3. The molecule has 5 aliphatic heterocycles. The molecule has 1 aromatic carbocycles. The number of amides is 5. The third kappa shape index (κ3) is 8.60. The van der Waals surface area contributed by atoms with Crippen molar-refractivity contribution in [1.29, 1.82) is 0 Å². The summed E-state index contributed by atoms with van der Waals surface area (Å²) in [6.07, 6.45) is 11.8. The van der Waals surface area contributed by atoms with Crippen LogP contribution in [0.1, 0.15) is 135 Å². The standard InChI is InChI=1S/C60H71N11O7/c1-34-35(2)67(20-19-66(34)38-9-11-42-43(25-38)55(76)71(54(42)75)46-12-14-51(73)64-53(46)74)40-27-60(28-40)16-18-68(49(30-60)58(3,4)5)39-10-13-50(62-31-39)63-45-23-37(32-65(8)56(45)77)41-15-17-61-52(44(41)33-72)70-22-21-69-47(57(70)78)24-36-26-59(6,7)29-48(36)69/h9-11,13,15,17,23-25,31-32,34-35,40,46,49,72H,12,14,16,18-22,26-30,33H2,1-8H3,(H,62,63)(H,64,73,74)/t34-,35+,40?,46?,49+,60?/m0/s1. The number of piperazine rings is 1. The second-order valence-corrected chi connectivity index (χ2v) is 25.2. The molecule has 5 amide bonds. The van der Waals surface area contributed by atoms with E-state index in [1.807, 2.05) is 30.5 Å². The number of fused-ring (bicyclic) bond motifs is 4. The maximum atomic E-state index is 14.1. The molecule has 0 bridgehead atoms. The molecule has 4 atom stereocenters. The number of rotatable bonds is 9. The largest absolute Gasteiger partial charge is 0.392 e. The van der Waals surface area contributed by atoms with Crippen molar-refractivity contribution in [2.24, 2.45) is 23.3 Å². The summed E-state index contributed by atoms with van der Waals surface area (Å²) in [6, 6.07) is 15.2. The van der Waals surface area contributed by atoms with E-state index in [0.717, 1.165) is 74.4 Å². The molecule has 1 spiro atoms. The molecular formula is C60H71N11O7. The summed E-state index contributed by atoms with van der Waals surface area (Å²) in [7, 11) is 1.70. The Bertz CT molecular complexity index is 3390. The second-order valence-electron chi connectivity index (χ2n) is 25.2. The van der Waals surface area contributed by atoms with E-state index in [9.17, 15) is 33.9 Å². The highest BCUT2D eigenvalue weighted by Gasteiger charge is 2.54. The Hall–Kier alpha value is -7.18. The SMILES string of the molecule is C[C@@H]1[C@H](C)N(c2ccc3c(c2)C(=O)N(C2CCC(=O)NC2=O)C3=O)CCN1C1CC2(CCN(c3ccc(Nc4cc(-c5ccnc(N6CCn7c(cc8c7CC(C)(C)C8)C6=O)c5CO)cn(C)c4=O)nc3)[C@@H](C(C)(C)C)C2)C1. The molecule has 78 heavy (non-hydrogen) atoms. The number of anilines is 5. The number of nitrogens with zero attached hydrogens (tertiary/aromatic N) is 9. The topological polar surface area (TPSA) is 199 Å².